The van der Waals surface area contributed by atoms with Crippen molar-refractivity contribution in [1.82, 2.24) is 0 Å². The molecule has 0 fully saturated rings. The SMILES string of the molecule is C=C.C=C.CC.CC.CC.CC.Cc1cccc(N(c2ccc(C(C)(C)C)cc2)c2ccc(C(C)(C)C)cc2)c1.Cc1cccc(N(c2ccc(C(C)(C)C)cc2)c2ccc(C(C)(C)C)cc2)c1.Cc1cccc(N(c2ccc(C(C)(C)C)cc2)c2ccc(C(C)(C)C)cc2)c1. The van der Waals surface area contributed by atoms with E-state index < -0.39 is 0 Å². The van der Waals surface area contributed by atoms with Crippen LogP contribution in [0.15, 0.2) is 245 Å². The number of rotatable bonds is 9. The highest BCUT2D eigenvalue weighted by molar-refractivity contribution is 5.80. The van der Waals surface area contributed by atoms with Gasteiger partial charge in [-0.3, -0.25) is 0 Å². The van der Waals surface area contributed by atoms with Gasteiger partial charge in [0.15, 0.2) is 0 Å². The van der Waals surface area contributed by atoms with E-state index in [1.165, 1.54) is 101 Å². The predicted octanol–water partition coefficient (Wildman–Crippen LogP) is 29.9. The Morgan fingerprint density at radius 1 is 0.188 bits per heavy atom. The fourth-order valence-electron chi connectivity index (χ4n) is 10.3. The molecule has 0 radical (unpaired) electrons. The number of hydrogen-bond donors (Lipinski definition) is 0. The van der Waals surface area contributed by atoms with Crippen LogP contribution in [0, 0.1) is 20.8 Å². The molecular formula is C93H131N3. The zero-order chi connectivity index (χ0) is 73.6. The van der Waals surface area contributed by atoms with E-state index in [1.54, 1.807) is 0 Å². The molecule has 0 aromatic heterocycles. The molecule has 0 aliphatic carbocycles. The lowest BCUT2D eigenvalue weighted by molar-refractivity contribution is 0.590. The lowest BCUT2D eigenvalue weighted by Crippen LogP contribution is -2.14. The number of nitrogens with zero attached hydrogens (tertiary/aromatic N) is 3. The van der Waals surface area contributed by atoms with Crippen LogP contribution in [0.2, 0.25) is 0 Å². The van der Waals surface area contributed by atoms with Gasteiger partial charge in [0.2, 0.25) is 0 Å². The van der Waals surface area contributed by atoms with Crippen LogP contribution >= 0.6 is 0 Å². The average molecular weight is 1290 g/mol. The molecule has 518 valence electrons. The zero-order valence-electron chi connectivity index (χ0n) is 66.0. The molecule has 0 N–H and O–H groups in total. The fraction of sp³-hybridized carbons (Fsp3) is 0.376. The summed E-state index contributed by atoms with van der Waals surface area (Å²) >= 11 is 0. The predicted molar refractivity (Wildman–Crippen MR) is 438 cm³/mol. The summed E-state index contributed by atoms with van der Waals surface area (Å²) in [7, 11) is 0. The third-order valence-corrected chi connectivity index (χ3v) is 15.7. The molecule has 0 aliphatic heterocycles. The van der Waals surface area contributed by atoms with E-state index in [-0.39, 0.29) is 32.5 Å². The fourth-order valence-corrected chi connectivity index (χ4v) is 10.3. The minimum absolute atomic E-state index is 0.154. The van der Waals surface area contributed by atoms with Crippen molar-refractivity contribution in [2.45, 2.75) is 233 Å². The molecule has 0 saturated heterocycles. The lowest BCUT2D eigenvalue weighted by Gasteiger charge is -2.28. The Bertz CT molecular complexity index is 3000. The Morgan fingerprint density at radius 2 is 0.312 bits per heavy atom. The van der Waals surface area contributed by atoms with Crippen LogP contribution in [-0.2, 0) is 32.5 Å². The van der Waals surface area contributed by atoms with E-state index in [9.17, 15) is 0 Å². The van der Waals surface area contributed by atoms with Gasteiger partial charge in [0, 0.05) is 51.2 Å². The Hall–Kier alpha value is -8.14. The Balaban J connectivity index is 0.000000666. The molecule has 0 aliphatic rings. The first-order valence-corrected chi connectivity index (χ1v) is 35.4. The molecule has 9 aromatic carbocycles. The normalized spacial score (nSPS) is 10.9. The molecule has 0 amide bonds. The summed E-state index contributed by atoms with van der Waals surface area (Å²) < 4.78 is 0. The summed E-state index contributed by atoms with van der Waals surface area (Å²) in [6, 6.07) is 80.0. The highest BCUT2D eigenvalue weighted by Crippen LogP contribution is 2.41. The van der Waals surface area contributed by atoms with E-state index in [0.29, 0.717) is 0 Å². The number of hydrogen-bond acceptors (Lipinski definition) is 3. The van der Waals surface area contributed by atoms with Gasteiger partial charge in [-0.1, -0.05) is 289 Å². The third kappa shape index (κ3) is 26.1. The first kappa shape index (κ1) is 85.9. The van der Waals surface area contributed by atoms with Crippen LogP contribution in [0.3, 0.4) is 0 Å². The second kappa shape index (κ2) is 39.8. The summed E-state index contributed by atoms with van der Waals surface area (Å²) in [6.07, 6.45) is 0. The summed E-state index contributed by atoms with van der Waals surface area (Å²) in [4.78, 5) is 7.02. The van der Waals surface area contributed by atoms with Crippen LogP contribution < -0.4 is 14.7 Å². The van der Waals surface area contributed by atoms with Gasteiger partial charge < -0.3 is 14.7 Å². The van der Waals surface area contributed by atoms with Gasteiger partial charge in [-0.15, -0.1) is 26.3 Å². The second-order valence-electron chi connectivity index (χ2n) is 29.3. The van der Waals surface area contributed by atoms with Gasteiger partial charge in [-0.05, 0) is 213 Å². The van der Waals surface area contributed by atoms with Crippen LogP contribution in [0.25, 0.3) is 0 Å². The topological polar surface area (TPSA) is 9.72 Å². The van der Waals surface area contributed by atoms with E-state index in [0.717, 1.165) is 0 Å². The van der Waals surface area contributed by atoms with Gasteiger partial charge in [0.1, 0.15) is 0 Å². The summed E-state index contributed by atoms with van der Waals surface area (Å²) in [5.74, 6) is 0. The molecule has 0 heterocycles. The van der Waals surface area contributed by atoms with Crippen molar-refractivity contribution in [2.75, 3.05) is 14.7 Å². The van der Waals surface area contributed by atoms with E-state index in [2.05, 4.69) is 405 Å². The minimum atomic E-state index is 0.154. The summed E-state index contributed by atoms with van der Waals surface area (Å²) in [5, 5.41) is 0. The highest BCUT2D eigenvalue weighted by Gasteiger charge is 2.23. The maximum Gasteiger partial charge on any atom is 0.0464 e. The van der Waals surface area contributed by atoms with E-state index in [4.69, 9.17) is 0 Å². The first-order valence-electron chi connectivity index (χ1n) is 35.4. The first-order chi connectivity index (χ1) is 45.2. The maximum atomic E-state index is 3.00. The molecule has 0 bridgehead atoms. The van der Waals surface area contributed by atoms with Gasteiger partial charge in [-0.2, -0.15) is 0 Å². The third-order valence-electron chi connectivity index (χ3n) is 15.7. The molecule has 3 heteroatoms. The van der Waals surface area contributed by atoms with Gasteiger partial charge in [0.05, 0.1) is 0 Å². The summed E-state index contributed by atoms with van der Waals surface area (Å²) in [6.45, 7) is 75.0. The zero-order valence-corrected chi connectivity index (χ0v) is 66.0. The summed E-state index contributed by atoms with van der Waals surface area (Å²) in [5.41, 5.74) is 23.5. The maximum absolute atomic E-state index is 3.00. The van der Waals surface area contributed by atoms with Crippen LogP contribution in [0.4, 0.5) is 51.2 Å². The van der Waals surface area contributed by atoms with Crippen molar-refractivity contribution < 1.29 is 0 Å². The largest absolute Gasteiger partial charge is 0.310 e. The monoisotopic (exact) mass is 1290 g/mol. The van der Waals surface area contributed by atoms with Gasteiger partial charge in [0.25, 0.3) is 0 Å². The Kier molecular flexibility index (Phi) is 35.6. The molecule has 0 atom stereocenters. The minimum Gasteiger partial charge on any atom is -0.310 e. The van der Waals surface area contributed by atoms with Crippen LogP contribution in [-0.4, -0.2) is 0 Å². The lowest BCUT2D eigenvalue weighted by atomic mass is 9.86. The molecule has 9 rings (SSSR count). The molecule has 0 unspecified atom stereocenters. The van der Waals surface area contributed by atoms with Crippen molar-refractivity contribution in [1.29, 1.82) is 0 Å². The molecular weight excluding hydrogens is 1160 g/mol. The molecule has 0 spiro atoms. The molecule has 9 aromatic rings. The Labute approximate surface area is 590 Å². The average Bonchev–Trinajstić information content (AvgIpc) is 0.812. The van der Waals surface area contributed by atoms with Crippen molar-refractivity contribution in [2.24, 2.45) is 0 Å². The van der Waals surface area contributed by atoms with Crippen LogP contribution in [0.1, 0.15) is 230 Å². The number of aryl methyl sites for hydroxylation is 3. The highest BCUT2D eigenvalue weighted by atomic mass is 15.2. The van der Waals surface area contributed by atoms with Gasteiger partial charge in [-0.25, -0.2) is 0 Å². The smallest absolute Gasteiger partial charge is 0.0464 e. The van der Waals surface area contributed by atoms with E-state index >= 15 is 0 Å². The molecule has 3 nitrogen and oxygen atoms in total. The number of anilines is 9. The van der Waals surface area contributed by atoms with Crippen molar-refractivity contribution in [3.63, 3.8) is 0 Å². The number of benzene rings is 9. The molecule has 0 saturated carbocycles. The second-order valence-corrected chi connectivity index (χ2v) is 29.3. The molecule has 96 heavy (non-hydrogen) atoms. The van der Waals surface area contributed by atoms with E-state index in [1.807, 2.05) is 55.4 Å². The standard InChI is InChI=1S/3C27H33N.4C2H6.2C2H4/c3*1-20-9-8-10-25(19-20)28(23-15-11-21(12-16-23)26(2,3)4)24-17-13-22(14-18-24)27(5,6)7;6*1-2/h3*8-19H,1-7H3;4*1-2H3;2*1-2H2. The quantitative estimate of drug-likeness (QED) is 0.133. The van der Waals surface area contributed by atoms with Gasteiger partial charge >= 0.3 is 0 Å². The van der Waals surface area contributed by atoms with Crippen LogP contribution in [0.5, 0.6) is 0 Å². The van der Waals surface area contributed by atoms with Crippen molar-refractivity contribution in [3.05, 3.63) is 295 Å². The van der Waals surface area contributed by atoms with Crippen molar-refractivity contribution >= 4 is 51.2 Å². The van der Waals surface area contributed by atoms with Crippen molar-refractivity contribution in [3.8, 4) is 0 Å². The Morgan fingerprint density at radius 3 is 0.417 bits per heavy atom.